The molecule has 1 fully saturated rings. The molecule has 2 heterocycles. The van der Waals surface area contributed by atoms with E-state index in [0.29, 0.717) is 12.8 Å². The molecule has 15 nitrogen and oxygen atoms in total. The summed E-state index contributed by atoms with van der Waals surface area (Å²) in [6.07, 6.45) is -4.26. The van der Waals surface area contributed by atoms with Gasteiger partial charge in [-0.25, -0.2) is 14.4 Å². The molecule has 6 N–H and O–H groups in total. The standard InChI is InChI=1S/C31H37N5O10/c37-17-23-25(38)26(39)27(46-23)36-16-14-24(35-31(43)45-19-21-11-5-2-6-12-21)34-29(36)32-15-8-7-13-22(28(40)41)33-30(42)44-18-20-9-3-1-4-10-20/h1-6,9-12,14,16,22-23,25-27,37-39H,7-8,13,15,17-19H2,(H,33,42)(H,40,41)(H,32,34,35,43)/t22?,23-,25-,26-,27-/m1/s1. The number of rotatable bonds is 14. The van der Waals surface area contributed by atoms with Crippen LogP contribution in [0.3, 0.4) is 0 Å². The van der Waals surface area contributed by atoms with Gasteiger partial charge in [0.15, 0.2) is 6.23 Å². The number of aromatic nitrogens is 2. The van der Waals surface area contributed by atoms with Crippen molar-refractivity contribution in [1.29, 1.82) is 0 Å². The number of anilines is 1. The Morgan fingerprint density at radius 3 is 2.13 bits per heavy atom. The molecule has 4 rings (SSSR count). The summed E-state index contributed by atoms with van der Waals surface area (Å²) in [7, 11) is 0. The van der Waals surface area contributed by atoms with Crippen LogP contribution in [0.4, 0.5) is 15.4 Å². The second-order valence-corrected chi connectivity index (χ2v) is 10.4. The summed E-state index contributed by atoms with van der Waals surface area (Å²) in [6.45, 7) is -0.343. The second kappa shape index (κ2) is 17.0. The fourth-order valence-corrected chi connectivity index (χ4v) is 4.58. The maximum atomic E-state index is 12.4. The van der Waals surface area contributed by atoms with E-state index in [9.17, 15) is 34.8 Å². The van der Waals surface area contributed by atoms with Crippen molar-refractivity contribution >= 4 is 24.0 Å². The number of ether oxygens (including phenoxy) is 3. The molecule has 5 atom stereocenters. The zero-order chi connectivity index (χ0) is 32.9. The molecule has 0 bridgehead atoms. The number of aliphatic carboxylic acids is 1. The van der Waals surface area contributed by atoms with Crippen molar-refractivity contribution in [2.75, 3.05) is 18.5 Å². The van der Waals surface area contributed by atoms with Crippen molar-refractivity contribution in [2.24, 2.45) is 4.99 Å². The molecule has 246 valence electrons. The molecule has 15 heteroatoms. The van der Waals surface area contributed by atoms with Gasteiger partial charge in [0, 0.05) is 12.7 Å². The first-order chi connectivity index (χ1) is 22.2. The highest BCUT2D eigenvalue weighted by atomic mass is 16.6. The lowest BCUT2D eigenvalue weighted by Gasteiger charge is -2.19. The van der Waals surface area contributed by atoms with E-state index in [1.807, 2.05) is 24.3 Å². The van der Waals surface area contributed by atoms with Crippen molar-refractivity contribution in [2.45, 2.75) is 63.1 Å². The number of aliphatic hydroxyl groups is 3. The van der Waals surface area contributed by atoms with Crippen molar-refractivity contribution in [1.82, 2.24) is 14.9 Å². The van der Waals surface area contributed by atoms with Gasteiger partial charge < -0.3 is 40.0 Å². The van der Waals surface area contributed by atoms with E-state index in [1.165, 1.54) is 16.8 Å². The van der Waals surface area contributed by atoms with E-state index in [2.05, 4.69) is 20.6 Å². The summed E-state index contributed by atoms with van der Waals surface area (Å²) in [5.41, 5.74) is 1.58. The molecule has 0 aliphatic carbocycles. The number of nitrogens with one attached hydrogen (secondary N) is 2. The van der Waals surface area contributed by atoms with E-state index < -0.39 is 55.3 Å². The average molecular weight is 640 g/mol. The van der Waals surface area contributed by atoms with Crippen LogP contribution in [0, 0.1) is 0 Å². The summed E-state index contributed by atoms with van der Waals surface area (Å²) in [6, 6.07) is 18.3. The number of carbonyl (C=O) groups excluding carboxylic acids is 2. The summed E-state index contributed by atoms with van der Waals surface area (Å²) in [5.74, 6) is -1.13. The maximum absolute atomic E-state index is 12.4. The Morgan fingerprint density at radius 1 is 0.913 bits per heavy atom. The van der Waals surface area contributed by atoms with Crippen molar-refractivity contribution in [3.63, 3.8) is 0 Å². The number of nitrogens with zero attached hydrogens (tertiary/aromatic N) is 3. The average Bonchev–Trinajstić information content (AvgIpc) is 3.35. The fourth-order valence-electron chi connectivity index (χ4n) is 4.58. The van der Waals surface area contributed by atoms with Gasteiger partial charge in [-0.15, -0.1) is 0 Å². The summed E-state index contributed by atoms with van der Waals surface area (Å²) in [5, 5.41) is 44.8. The normalized spacial score (nSPS) is 20.1. The van der Waals surface area contributed by atoms with Crippen LogP contribution >= 0.6 is 0 Å². The predicted octanol–water partition coefficient (Wildman–Crippen LogP) is 1.69. The molecule has 1 aliphatic rings. The smallest absolute Gasteiger partial charge is 0.413 e. The molecule has 1 aliphatic heterocycles. The molecule has 1 aromatic heterocycles. The minimum absolute atomic E-state index is 0.000946. The van der Waals surface area contributed by atoms with Crippen LogP contribution in [0.5, 0.6) is 0 Å². The fraction of sp³-hybridized carbons (Fsp3) is 0.387. The lowest BCUT2D eigenvalue weighted by Crippen LogP contribution is -2.41. The Bertz CT molecular complexity index is 1500. The molecular formula is C31H37N5O10. The molecule has 3 aromatic rings. The molecule has 46 heavy (non-hydrogen) atoms. The molecule has 0 radical (unpaired) electrons. The summed E-state index contributed by atoms with van der Waals surface area (Å²) >= 11 is 0. The predicted molar refractivity (Wildman–Crippen MR) is 161 cm³/mol. The van der Waals surface area contributed by atoms with Crippen molar-refractivity contribution < 1.29 is 49.0 Å². The number of unbranched alkanes of at least 4 members (excludes halogenated alkanes) is 1. The van der Waals surface area contributed by atoms with Gasteiger partial charge in [0.25, 0.3) is 0 Å². The summed E-state index contributed by atoms with van der Waals surface area (Å²) < 4.78 is 17.3. The van der Waals surface area contributed by atoms with Gasteiger partial charge in [-0.2, -0.15) is 4.98 Å². The molecular weight excluding hydrogens is 602 g/mol. The Hall–Kier alpha value is -4.83. The number of amides is 2. The molecule has 0 spiro atoms. The summed E-state index contributed by atoms with van der Waals surface area (Å²) in [4.78, 5) is 45.1. The van der Waals surface area contributed by atoms with Gasteiger partial charge in [0.2, 0.25) is 5.62 Å². The number of carboxylic acid groups (broad SMARTS) is 1. The highest BCUT2D eigenvalue weighted by Gasteiger charge is 2.43. The first kappa shape index (κ1) is 34.1. The number of benzene rings is 2. The molecule has 2 aromatic carbocycles. The van der Waals surface area contributed by atoms with Gasteiger partial charge in [0.1, 0.15) is 43.4 Å². The highest BCUT2D eigenvalue weighted by molar-refractivity contribution is 5.83. The highest BCUT2D eigenvalue weighted by Crippen LogP contribution is 2.28. The number of alkyl carbamates (subject to hydrolysis) is 1. The van der Waals surface area contributed by atoms with Gasteiger partial charge in [-0.3, -0.25) is 14.9 Å². The zero-order valence-electron chi connectivity index (χ0n) is 24.8. The third kappa shape index (κ3) is 9.84. The number of hydrogen-bond acceptors (Lipinski definition) is 11. The maximum Gasteiger partial charge on any atom is 0.413 e. The number of aliphatic hydroxyl groups excluding tert-OH is 3. The minimum Gasteiger partial charge on any atom is -0.480 e. The Balaban J connectivity index is 1.38. The third-order valence-corrected chi connectivity index (χ3v) is 7.04. The van der Waals surface area contributed by atoms with Crippen LogP contribution in [0.2, 0.25) is 0 Å². The molecule has 1 saturated heterocycles. The monoisotopic (exact) mass is 639 g/mol. The van der Waals surface area contributed by atoms with E-state index in [-0.39, 0.29) is 37.6 Å². The quantitative estimate of drug-likeness (QED) is 0.140. The van der Waals surface area contributed by atoms with E-state index in [0.717, 1.165) is 11.1 Å². The number of carbonyl (C=O) groups is 3. The SMILES string of the molecule is O=C(Nc1ccn([C@@H]2O[C@H](CO)[C@@H](O)[C@H]2O)c(=NCCCCC(NC(=O)OCc2ccccc2)C(=O)O)n1)OCc1ccccc1. The van der Waals surface area contributed by atoms with Gasteiger partial charge >= 0.3 is 18.2 Å². The van der Waals surface area contributed by atoms with Gasteiger partial charge in [-0.05, 0) is 36.5 Å². The van der Waals surface area contributed by atoms with E-state index in [1.54, 1.807) is 36.4 Å². The molecule has 2 amide bonds. The van der Waals surface area contributed by atoms with Crippen LogP contribution in [0.1, 0.15) is 36.6 Å². The zero-order valence-corrected chi connectivity index (χ0v) is 24.8. The molecule has 1 unspecified atom stereocenters. The third-order valence-electron chi connectivity index (χ3n) is 7.04. The first-order valence-corrected chi connectivity index (χ1v) is 14.6. The van der Waals surface area contributed by atoms with Crippen LogP contribution in [-0.4, -0.2) is 85.6 Å². The Labute approximate surface area is 264 Å². The van der Waals surface area contributed by atoms with Crippen molar-refractivity contribution in [3.8, 4) is 0 Å². The number of hydrogen-bond donors (Lipinski definition) is 6. The van der Waals surface area contributed by atoms with Crippen LogP contribution in [0.25, 0.3) is 0 Å². The van der Waals surface area contributed by atoms with E-state index in [4.69, 9.17) is 14.2 Å². The Morgan fingerprint density at radius 2 is 1.54 bits per heavy atom. The van der Waals surface area contributed by atoms with Crippen LogP contribution < -0.4 is 16.3 Å². The second-order valence-electron chi connectivity index (χ2n) is 10.4. The molecule has 0 saturated carbocycles. The first-order valence-electron chi connectivity index (χ1n) is 14.6. The lowest BCUT2D eigenvalue weighted by atomic mass is 10.1. The van der Waals surface area contributed by atoms with Gasteiger partial charge in [-0.1, -0.05) is 60.7 Å². The largest absolute Gasteiger partial charge is 0.480 e. The van der Waals surface area contributed by atoms with E-state index >= 15 is 0 Å². The Kier molecular flexibility index (Phi) is 12.6. The topological polar surface area (TPSA) is 214 Å². The van der Waals surface area contributed by atoms with Crippen molar-refractivity contribution in [3.05, 3.63) is 89.7 Å². The lowest BCUT2D eigenvalue weighted by molar-refractivity contribution is -0.139. The van der Waals surface area contributed by atoms with Gasteiger partial charge in [0.05, 0.1) is 6.61 Å². The van der Waals surface area contributed by atoms with Crippen LogP contribution in [-0.2, 0) is 32.2 Å². The van der Waals surface area contributed by atoms with Crippen LogP contribution in [0.15, 0.2) is 77.9 Å². The number of carboxylic acids is 1. The minimum atomic E-state index is -1.41.